The fourth-order valence-corrected chi connectivity index (χ4v) is 2.81. The second-order valence-electron chi connectivity index (χ2n) is 4.28. The van der Waals surface area contributed by atoms with Gasteiger partial charge in [-0.1, -0.05) is 12.0 Å². The molecular weight excluding hydrogens is 170 g/mol. The van der Waals surface area contributed by atoms with Gasteiger partial charge in [0.2, 0.25) is 0 Å². The summed E-state index contributed by atoms with van der Waals surface area (Å²) in [6.07, 6.45) is 6.73. The summed E-state index contributed by atoms with van der Waals surface area (Å²) in [5, 5.41) is 3.48. The smallest absolute Gasteiger partial charge is 0.0245 e. The predicted molar refractivity (Wildman–Crippen MR) is 57.3 cm³/mol. The van der Waals surface area contributed by atoms with Crippen molar-refractivity contribution in [3.8, 4) is 12.3 Å². The van der Waals surface area contributed by atoms with Gasteiger partial charge in [0.25, 0.3) is 0 Å². The monoisotopic (exact) mass is 183 g/mol. The molecule has 1 aliphatic carbocycles. The largest absolute Gasteiger partial charge is 0.316 e. The second-order valence-corrected chi connectivity index (χ2v) is 4.28. The van der Waals surface area contributed by atoms with E-state index in [2.05, 4.69) is 29.4 Å². The van der Waals surface area contributed by atoms with Crippen molar-refractivity contribution in [2.45, 2.75) is 18.3 Å². The Labute approximate surface area is 84.5 Å². The number of piperidine rings is 1. The van der Waals surface area contributed by atoms with Gasteiger partial charge in [0, 0.05) is 18.7 Å². The van der Waals surface area contributed by atoms with Crippen LogP contribution in [0.4, 0.5) is 0 Å². The molecule has 0 amide bonds. The van der Waals surface area contributed by atoms with Crippen LogP contribution in [0.15, 0.2) is 18.2 Å². The van der Waals surface area contributed by atoms with Crippen LogP contribution >= 0.6 is 0 Å². The zero-order valence-electron chi connectivity index (χ0n) is 8.09. The van der Waals surface area contributed by atoms with Crippen LogP contribution in [0.1, 0.15) is 34.9 Å². The molecule has 1 heteroatoms. The van der Waals surface area contributed by atoms with Gasteiger partial charge in [-0.2, -0.15) is 0 Å². The van der Waals surface area contributed by atoms with E-state index >= 15 is 0 Å². The maximum absolute atomic E-state index is 5.42. The zero-order valence-corrected chi connectivity index (χ0v) is 8.09. The molecule has 0 saturated carbocycles. The van der Waals surface area contributed by atoms with Gasteiger partial charge >= 0.3 is 0 Å². The highest BCUT2D eigenvalue weighted by molar-refractivity contribution is 5.46. The summed E-state index contributed by atoms with van der Waals surface area (Å²) in [4.78, 5) is 0. The van der Waals surface area contributed by atoms with E-state index in [9.17, 15) is 0 Å². The summed E-state index contributed by atoms with van der Waals surface area (Å²) < 4.78 is 0. The van der Waals surface area contributed by atoms with E-state index in [1.165, 1.54) is 17.5 Å². The third-order valence-corrected chi connectivity index (χ3v) is 3.48. The van der Waals surface area contributed by atoms with Crippen molar-refractivity contribution in [1.82, 2.24) is 5.32 Å². The van der Waals surface area contributed by atoms with Crippen LogP contribution in [-0.4, -0.2) is 13.1 Å². The average Bonchev–Trinajstić information content (AvgIpc) is 2.51. The maximum Gasteiger partial charge on any atom is 0.0245 e. The Morgan fingerprint density at radius 1 is 1.21 bits per heavy atom. The van der Waals surface area contributed by atoms with E-state index in [0.717, 1.165) is 24.6 Å². The van der Waals surface area contributed by atoms with Crippen LogP contribution in [0.25, 0.3) is 0 Å². The van der Waals surface area contributed by atoms with E-state index in [1.54, 1.807) is 0 Å². The lowest BCUT2D eigenvalue weighted by Crippen LogP contribution is -2.28. The molecule has 3 rings (SSSR count). The molecule has 1 fully saturated rings. The van der Waals surface area contributed by atoms with Crippen LogP contribution < -0.4 is 5.32 Å². The minimum atomic E-state index is 0.706. The molecule has 2 bridgehead atoms. The summed E-state index contributed by atoms with van der Waals surface area (Å²) in [7, 11) is 0. The number of terminal acetylenes is 1. The molecule has 1 saturated heterocycles. The van der Waals surface area contributed by atoms with Crippen LogP contribution in [0.5, 0.6) is 0 Å². The SMILES string of the molecule is C#Cc1ccc2c(c1)C1CNCC2C1. The van der Waals surface area contributed by atoms with Crippen molar-refractivity contribution in [2.24, 2.45) is 0 Å². The Hall–Kier alpha value is -1.26. The molecule has 1 aromatic carbocycles. The fourth-order valence-electron chi connectivity index (χ4n) is 2.81. The standard InChI is InChI=1S/C13H13N/c1-2-9-3-4-12-10-6-11(8-14-7-10)13(12)5-9/h1,3-5,10-11,14H,6-8H2. The predicted octanol–water partition coefficient (Wildman–Crippen LogP) is 1.84. The van der Waals surface area contributed by atoms with Gasteiger partial charge in [0.05, 0.1) is 0 Å². The van der Waals surface area contributed by atoms with Crippen molar-refractivity contribution in [3.05, 3.63) is 34.9 Å². The van der Waals surface area contributed by atoms with Gasteiger partial charge < -0.3 is 5.32 Å². The zero-order chi connectivity index (χ0) is 9.54. The van der Waals surface area contributed by atoms with Crippen LogP contribution in [0.2, 0.25) is 0 Å². The molecule has 1 aliphatic heterocycles. The van der Waals surface area contributed by atoms with Gasteiger partial charge in [0.15, 0.2) is 0 Å². The van der Waals surface area contributed by atoms with Gasteiger partial charge in [0.1, 0.15) is 0 Å². The van der Waals surface area contributed by atoms with Gasteiger partial charge in [-0.05, 0) is 41.5 Å². The lowest BCUT2D eigenvalue weighted by molar-refractivity contribution is 0.454. The fraction of sp³-hybridized carbons (Fsp3) is 0.385. The second kappa shape index (κ2) is 2.87. The molecule has 1 heterocycles. The molecule has 1 nitrogen and oxygen atoms in total. The van der Waals surface area contributed by atoms with Crippen molar-refractivity contribution in [2.75, 3.05) is 13.1 Å². The number of fused-ring (bicyclic) bond motifs is 5. The van der Waals surface area contributed by atoms with Crippen LogP contribution in [-0.2, 0) is 0 Å². The van der Waals surface area contributed by atoms with E-state index in [-0.39, 0.29) is 0 Å². The highest BCUT2D eigenvalue weighted by Gasteiger charge is 2.33. The molecule has 2 atom stereocenters. The quantitative estimate of drug-likeness (QED) is 0.605. The average molecular weight is 183 g/mol. The first-order valence-corrected chi connectivity index (χ1v) is 5.19. The summed E-state index contributed by atoms with van der Waals surface area (Å²) in [6, 6.07) is 6.49. The highest BCUT2D eigenvalue weighted by Crippen LogP contribution is 2.43. The number of nitrogens with one attached hydrogen (secondary N) is 1. The van der Waals surface area contributed by atoms with Gasteiger partial charge in [-0.15, -0.1) is 6.42 Å². The molecular formula is C13H13N. The number of hydrogen-bond acceptors (Lipinski definition) is 1. The van der Waals surface area contributed by atoms with Crippen LogP contribution in [0, 0.1) is 12.3 Å². The Balaban J connectivity index is 2.14. The lowest BCUT2D eigenvalue weighted by atomic mass is 9.98. The van der Waals surface area contributed by atoms with Gasteiger partial charge in [-0.3, -0.25) is 0 Å². The van der Waals surface area contributed by atoms with Crippen molar-refractivity contribution in [1.29, 1.82) is 0 Å². The Kier molecular flexibility index (Phi) is 1.65. The summed E-state index contributed by atoms with van der Waals surface area (Å²) in [5.74, 6) is 4.15. The summed E-state index contributed by atoms with van der Waals surface area (Å²) in [5.41, 5.74) is 4.05. The summed E-state index contributed by atoms with van der Waals surface area (Å²) >= 11 is 0. The molecule has 0 radical (unpaired) electrons. The van der Waals surface area contributed by atoms with Crippen molar-refractivity contribution >= 4 is 0 Å². The van der Waals surface area contributed by atoms with Crippen molar-refractivity contribution in [3.63, 3.8) is 0 Å². The number of hydrogen-bond donors (Lipinski definition) is 1. The van der Waals surface area contributed by atoms with Crippen molar-refractivity contribution < 1.29 is 0 Å². The first kappa shape index (κ1) is 8.08. The van der Waals surface area contributed by atoms with E-state index < -0.39 is 0 Å². The molecule has 2 aliphatic rings. The van der Waals surface area contributed by atoms with Crippen LogP contribution in [0.3, 0.4) is 0 Å². The highest BCUT2D eigenvalue weighted by atomic mass is 14.9. The minimum absolute atomic E-state index is 0.706. The first-order valence-electron chi connectivity index (χ1n) is 5.19. The Bertz CT molecular complexity index is 414. The Morgan fingerprint density at radius 2 is 2.00 bits per heavy atom. The van der Waals surface area contributed by atoms with E-state index in [0.29, 0.717) is 5.92 Å². The first-order chi connectivity index (χ1) is 6.88. The number of benzene rings is 1. The van der Waals surface area contributed by atoms with Gasteiger partial charge in [-0.25, -0.2) is 0 Å². The topological polar surface area (TPSA) is 12.0 Å². The molecule has 14 heavy (non-hydrogen) atoms. The molecule has 1 aromatic rings. The molecule has 1 N–H and O–H groups in total. The molecule has 0 aromatic heterocycles. The molecule has 70 valence electrons. The lowest BCUT2D eigenvalue weighted by Gasteiger charge is -2.19. The summed E-state index contributed by atoms with van der Waals surface area (Å²) in [6.45, 7) is 2.26. The molecule has 2 unspecified atom stereocenters. The van der Waals surface area contributed by atoms with E-state index in [1.807, 2.05) is 0 Å². The normalized spacial score (nSPS) is 28.2. The molecule has 0 spiro atoms. The number of rotatable bonds is 0. The maximum atomic E-state index is 5.42. The third kappa shape index (κ3) is 1.01. The third-order valence-electron chi connectivity index (χ3n) is 3.48. The van der Waals surface area contributed by atoms with E-state index in [4.69, 9.17) is 6.42 Å². The minimum Gasteiger partial charge on any atom is -0.316 e. The Morgan fingerprint density at radius 3 is 2.79 bits per heavy atom.